The van der Waals surface area contributed by atoms with Crippen LogP contribution in [-0.2, 0) is 0 Å². The van der Waals surface area contributed by atoms with Gasteiger partial charge in [0.05, 0.1) is 0 Å². The summed E-state index contributed by atoms with van der Waals surface area (Å²) in [4.78, 5) is 23.0. The van der Waals surface area contributed by atoms with Crippen molar-refractivity contribution in [2.75, 3.05) is 49.1 Å². The monoisotopic (exact) mass is 366 g/mol. The zero-order valence-electron chi connectivity index (χ0n) is 15.8. The highest BCUT2D eigenvalue weighted by molar-refractivity contribution is 5.92. The molecule has 2 aromatic rings. The lowest BCUT2D eigenvalue weighted by molar-refractivity contribution is 0.0740. The Morgan fingerprint density at radius 2 is 1.52 bits per heavy atom. The van der Waals surface area contributed by atoms with Crippen LogP contribution in [-0.4, -0.2) is 65.3 Å². The van der Waals surface area contributed by atoms with Gasteiger partial charge in [-0.3, -0.25) is 9.78 Å². The fraction of sp³-hybridized carbons (Fsp3) is 0.500. The summed E-state index contributed by atoms with van der Waals surface area (Å²) in [6.07, 6.45) is 4.09. The van der Waals surface area contributed by atoms with Crippen molar-refractivity contribution in [1.29, 1.82) is 0 Å². The zero-order valence-corrected chi connectivity index (χ0v) is 15.8. The Balaban J connectivity index is 1.34. The van der Waals surface area contributed by atoms with E-state index < -0.39 is 0 Å². The normalized spacial score (nSPS) is 18.6. The molecule has 4 rings (SSSR count). The molecule has 2 aromatic heterocycles. The lowest BCUT2D eigenvalue weighted by Gasteiger charge is -2.35. The third-order valence-corrected chi connectivity index (χ3v) is 5.52. The number of aromatic nitrogens is 3. The van der Waals surface area contributed by atoms with E-state index in [0.29, 0.717) is 18.8 Å². The summed E-state index contributed by atoms with van der Waals surface area (Å²) in [5, 5.41) is 8.89. The number of anilines is 2. The molecule has 4 heterocycles. The molecule has 7 heteroatoms. The van der Waals surface area contributed by atoms with Crippen molar-refractivity contribution in [2.45, 2.75) is 19.8 Å². The van der Waals surface area contributed by atoms with Gasteiger partial charge in [-0.2, -0.15) is 0 Å². The van der Waals surface area contributed by atoms with Gasteiger partial charge in [0, 0.05) is 45.5 Å². The Morgan fingerprint density at radius 1 is 0.889 bits per heavy atom. The molecule has 2 fully saturated rings. The number of hydrogen-bond donors (Lipinski definition) is 0. The Morgan fingerprint density at radius 3 is 2.07 bits per heavy atom. The molecule has 27 heavy (non-hydrogen) atoms. The highest BCUT2D eigenvalue weighted by atomic mass is 16.2. The highest BCUT2D eigenvalue weighted by Crippen LogP contribution is 2.22. The minimum absolute atomic E-state index is 0.00370. The molecule has 1 amide bonds. The van der Waals surface area contributed by atoms with E-state index in [2.05, 4.69) is 44.0 Å². The average Bonchev–Trinajstić information content (AvgIpc) is 2.75. The van der Waals surface area contributed by atoms with Gasteiger partial charge in [-0.05, 0) is 43.0 Å². The number of carbonyl (C=O) groups is 1. The van der Waals surface area contributed by atoms with Crippen LogP contribution >= 0.6 is 0 Å². The van der Waals surface area contributed by atoms with Gasteiger partial charge in [0.25, 0.3) is 5.91 Å². The van der Waals surface area contributed by atoms with Gasteiger partial charge in [-0.1, -0.05) is 13.0 Å². The Hall–Kier alpha value is -2.70. The van der Waals surface area contributed by atoms with Gasteiger partial charge in [0.15, 0.2) is 11.6 Å². The number of pyridine rings is 1. The van der Waals surface area contributed by atoms with Gasteiger partial charge in [-0.25, -0.2) is 0 Å². The van der Waals surface area contributed by atoms with Crippen LogP contribution in [0.3, 0.4) is 0 Å². The standard InChI is InChI=1S/C20H26N6O/c1-16-7-10-24(11-8-16)18-5-6-19(23-22-18)25-12-14-26(15-13-25)20(27)17-4-2-3-9-21-17/h2-6,9,16H,7-8,10-15H2,1H3. The first-order valence-corrected chi connectivity index (χ1v) is 9.74. The van der Waals surface area contributed by atoms with Crippen LogP contribution < -0.4 is 9.80 Å². The van der Waals surface area contributed by atoms with E-state index in [4.69, 9.17) is 0 Å². The molecule has 7 nitrogen and oxygen atoms in total. The summed E-state index contributed by atoms with van der Waals surface area (Å²) >= 11 is 0. The number of nitrogens with zero attached hydrogens (tertiary/aromatic N) is 6. The van der Waals surface area contributed by atoms with E-state index in [1.807, 2.05) is 17.0 Å². The zero-order chi connectivity index (χ0) is 18.6. The molecule has 0 saturated carbocycles. The molecule has 0 spiro atoms. The first-order chi connectivity index (χ1) is 13.2. The maximum absolute atomic E-state index is 12.5. The van der Waals surface area contributed by atoms with Crippen molar-refractivity contribution in [3.63, 3.8) is 0 Å². The van der Waals surface area contributed by atoms with Gasteiger partial charge in [-0.15, -0.1) is 10.2 Å². The predicted molar refractivity (Wildman–Crippen MR) is 105 cm³/mol. The summed E-state index contributed by atoms with van der Waals surface area (Å²) in [5.74, 6) is 2.65. The Bertz CT molecular complexity index is 750. The van der Waals surface area contributed by atoms with E-state index in [1.54, 1.807) is 12.3 Å². The van der Waals surface area contributed by atoms with Crippen molar-refractivity contribution >= 4 is 17.5 Å². The van der Waals surface area contributed by atoms with Crippen LogP contribution in [0.4, 0.5) is 11.6 Å². The number of carbonyl (C=O) groups excluding carboxylic acids is 1. The van der Waals surface area contributed by atoms with E-state index in [9.17, 15) is 4.79 Å². The number of piperidine rings is 1. The van der Waals surface area contributed by atoms with Crippen molar-refractivity contribution < 1.29 is 4.79 Å². The fourth-order valence-corrected chi connectivity index (χ4v) is 3.68. The molecule has 0 radical (unpaired) electrons. The molecule has 2 aliphatic rings. The second-order valence-electron chi connectivity index (χ2n) is 7.41. The quantitative estimate of drug-likeness (QED) is 0.829. The van der Waals surface area contributed by atoms with Gasteiger partial charge in [0.2, 0.25) is 0 Å². The van der Waals surface area contributed by atoms with Crippen molar-refractivity contribution in [3.05, 3.63) is 42.2 Å². The van der Waals surface area contributed by atoms with Crippen LogP contribution in [0.1, 0.15) is 30.3 Å². The molecule has 0 N–H and O–H groups in total. The maximum atomic E-state index is 12.5. The van der Waals surface area contributed by atoms with Crippen molar-refractivity contribution in [2.24, 2.45) is 5.92 Å². The molecule has 2 saturated heterocycles. The Kier molecular flexibility index (Phi) is 5.18. The van der Waals surface area contributed by atoms with E-state index in [0.717, 1.165) is 43.7 Å². The second kappa shape index (κ2) is 7.90. The Labute approximate surface area is 160 Å². The highest BCUT2D eigenvalue weighted by Gasteiger charge is 2.24. The van der Waals surface area contributed by atoms with E-state index >= 15 is 0 Å². The summed E-state index contributed by atoms with van der Waals surface area (Å²) in [6.45, 7) is 7.28. The van der Waals surface area contributed by atoms with Gasteiger partial charge >= 0.3 is 0 Å². The number of rotatable bonds is 3. The smallest absolute Gasteiger partial charge is 0.272 e. The molecular weight excluding hydrogens is 340 g/mol. The molecule has 2 aliphatic heterocycles. The molecule has 0 unspecified atom stereocenters. The van der Waals surface area contributed by atoms with Crippen LogP contribution in [0, 0.1) is 5.92 Å². The van der Waals surface area contributed by atoms with Gasteiger partial charge < -0.3 is 14.7 Å². The summed E-state index contributed by atoms with van der Waals surface area (Å²) in [7, 11) is 0. The summed E-state index contributed by atoms with van der Waals surface area (Å²) in [6, 6.07) is 9.55. The minimum Gasteiger partial charge on any atom is -0.355 e. The van der Waals surface area contributed by atoms with Crippen LogP contribution in [0.25, 0.3) is 0 Å². The molecule has 0 atom stereocenters. The predicted octanol–water partition coefficient (Wildman–Crippen LogP) is 2.07. The SMILES string of the molecule is CC1CCN(c2ccc(N3CCN(C(=O)c4ccccn4)CC3)nn2)CC1. The third kappa shape index (κ3) is 4.02. The van der Waals surface area contributed by atoms with E-state index in [-0.39, 0.29) is 5.91 Å². The lowest BCUT2D eigenvalue weighted by Crippen LogP contribution is -2.49. The molecule has 0 aliphatic carbocycles. The third-order valence-electron chi connectivity index (χ3n) is 5.52. The molecule has 142 valence electrons. The van der Waals surface area contributed by atoms with Crippen LogP contribution in [0.15, 0.2) is 36.5 Å². The first-order valence-electron chi connectivity index (χ1n) is 9.74. The summed E-state index contributed by atoms with van der Waals surface area (Å²) < 4.78 is 0. The molecular formula is C20H26N6O. The lowest BCUT2D eigenvalue weighted by atomic mass is 9.99. The number of hydrogen-bond acceptors (Lipinski definition) is 6. The molecule has 0 bridgehead atoms. The maximum Gasteiger partial charge on any atom is 0.272 e. The van der Waals surface area contributed by atoms with E-state index in [1.165, 1.54) is 12.8 Å². The van der Waals surface area contributed by atoms with Crippen molar-refractivity contribution in [1.82, 2.24) is 20.1 Å². The second-order valence-corrected chi connectivity index (χ2v) is 7.41. The van der Waals surface area contributed by atoms with Crippen LogP contribution in [0.5, 0.6) is 0 Å². The van der Waals surface area contributed by atoms with Crippen molar-refractivity contribution in [3.8, 4) is 0 Å². The fourth-order valence-electron chi connectivity index (χ4n) is 3.68. The molecule has 0 aromatic carbocycles. The first kappa shape index (κ1) is 17.7. The summed E-state index contributed by atoms with van der Waals surface area (Å²) in [5.41, 5.74) is 0.506. The topological polar surface area (TPSA) is 65.5 Å². The van der Waals surface area contributed by atoms with Crippen LogP contribution in [0.2, 0.25) is 0 Å². The largest absolute Gasteiger partial charge is 0.355 e. The average molecular weight is 366 g/mol. The minimum atomic E-state index is -0.00370. The van der Waals surface area contributed by atoms with Gasteiger partial charge in [0.1, 0.15) is 5.69 Å². The number of piperazine rings is 1. The number of amides is 1.